The van der Waals surface area contributed by atoms with Crippen LogP contribution in [0.4, 0.5) is 25.0 Å². The number of hydrogen-bond acceptors (Lipinski definition) is 7. The molecule has 204 valence electrons. The average molecular weight is 522 g/mol. The summed E-state index contributed by atoms with van der Waals surface area (Å²) in [6.45, 7) is 8.74. The number of halogens is 2. The molecular formula is C26H37F2N5O4. The van der Waals surface area contributed by atoms with E-state index in [1.54, 1.807) is 17.0 Å². The number of nitrogens with zero attached hydrogens (tertiary/aromatic N) is 3. The number of piperidine rings is 2. The van der Waals surface area contributed by atoms with Crippen molar-refractivity contribution in [3.63, 3.8) is 0 Å². The highest BCUT2D eigenvalue weighted by Crippen LogP contribution is 2.30. The van der Waals surface area contributed by atoms with Crippen LogP contribution in [-0.2, 0) is 14.3 Å². The molecule has 0 saturated carbocycles. The molecule has 9 nitrogen and oxygen atoms in total. The van der Waals surface area contributed by atoms with Crippen LogP contribution >= 0.6 is 0 Å². The van der Waals surface area contributed by atoms with Gasteiger partial charge in [-0.05, 0) is 45.4 Å². The average Bonchev–Trinajstić information content (AvgIpc) is 2.81. The van der Waals surface area contributed by atoms with Crippen LogP contribution in [0.5, 0.6) is 0 Å². The topological polar surface area (TPSA) is 94.2 Å². The summed E-state index contributed by atoms with van der Waals surface area (Å²) >= 11 is 0. The van der Waals surface area contributed by atoms with E-state index < -0.39 is 35.1 Å². The Morgan fingerprint density at radius 2 is 1.81 bits per heavy atom. The molecule has 0 aliphatic carbocycles. The predicted molar refractivity (Wildman–Crippen MR) is 136 cm³/mol. The van der Waals surface area contributed by atoms with Gasteiger partial charge in [0.05, 0.1) is 5.69 Å². The lowest BCUT2D eigenvalue weighted by molar-refractivity contribution is -0.133. The molecule has 0 spiro atoms. The second kappa shape index (κ2) is 10.8. The van der Waals surface area contributed by atoms with Gasteiger partial charge in [-0.3, -0.25) is 19.8 Å². The van der Waals surface area contributed by atoms with E-state index >= 15 is 4.39 Å². The first-order valence-electron chi connectivity index (χ1n) is 12.9. The third kappa shape index (κ3) is 7.09. The smallest absolute Gasteiger partial charge is 0.410 e. The lowest BCUT2D eigenvalue weighted by Crippen LogP contribution is -2.54. The van der Waals surface area contributed by atoms with Crippen molar-refractivity contribution in [2.24, 2.45) is 0 Å². The van der Waals surface area contributed by atoms with Gasteiger partial charge in [0.25, 0.3) is 0 Å². The first-order chi connectivity index (χ1) is 17.4. The molecule has 11 heteroatoms. The first-order valence-corrected chi connectivity index (χ1v) is 12.9. The maximum Gasteiger partial charge on any atom is 0.410 e. The molecule has 4 rings (SSSR count). The Hall–Kier alpha value is -2.95. The Balaban J connectivity index is 1.25. The minimum atomic E-state index is -1.37. The molecule has 37 heavy (non-hydrogen) atoms. The van der Waals surface area contributed by atoms with Crippen molar-refractivity contribution in [3.8, 4) is 0 Å². The molecule has 1 aromatic carbocycles. The number of hydrogen-bond donors (Lipinski definition) is 2. The van der Waals surface area contributed by atoms with E-state index in [2.05, 4.69) is 15.5 Å². The molecular weight excluding hydrogens is 484 g/mol. The summed E-state index contributed by atoms with van der Waals surface area (Å²) in [4.78, 5) is 41.1. The zero-order valence-corrected chi connectivity index (χ0v) is 21.8. The van der Waals surface area contributed by atoms with E-state index in [0.29, 0.717) is 63.6 Å². The molecule has 3 aliphatic heterocycles. The highest BCUT2D eigenvalue weighted by Gasteiger charge is 2.39. The second-order valence-corrected chi connectivity index (χ2v) is 11.2. The van der Waals surface area contributed by atoms with Crippen LogP contribution in [0.2, 0.25) is 0 Å². The molecule has 1 atom stereocenters. The predicted octanol–water partition coefficient (Wildman–Crippen LogP) is 2.90. The van der Waals surface area contributed by atoms with Crippen LogP contribution in [0, 0.1) is 5.82 Å². The van der Waals surface area contributed by atoms with Crippen molar-refractivity contribution < 1.29 is 27.9 Å². The molecule has 3 amide bonds. The molecule has 1 unspecified atom stereocenters. The largest absolute Gasteiger partial charge is 0.444 e. The van der Waals surface area contributed by atoms with Gasteiger partial charge in [-0.25, -0.2) is 13.6 Å². The molecule has 3 heterocycles. The zero-order chi connectivity index (χ0) is 26.8. The van der Waals surface area contributed by atoms with Gasteiger partial charge < -0.3 is 19.9 Å². The highest BCUT2D eigenvalue weighted by atomic mass is 19.1. The van der Waals surface area contributed by atoms with Crippen LogP contribution in [0.15, 0.2) is 18.2 Å². The summed E-state index contributed by atoms with van der Waals surface area (Å²) in [6, 6.07) is 4.20. The first kappa shape index (κ1) is 27.1. The van der Waals surface area contributed by atoms with Crippen LogP contribution in [0.25, 0.3) is 0 Å². The van der Waals surface area contributed by atoms with Crippen molar-refractivity contribution in [2.45, 2.75) is 63.8 Å². The van der Waals surface area contributed by atoms with Gasteiger partial charge in [0, 0.05) is 70.8 Å². The normalized spacial score (nSPS) is 23.0. The molecule has 3 fully saturated rings. The summed E-state index contributed by atoms with van der Waals surface area (Å²) < 4.78 is 35.9. The summed E-state index contributed by atoms with van der Waals surface area (Å²) in [5.74, 6) is -1.10. The van der Waals surface area contributed by atoms with E-state index in [0.717, 1.165) is 0 Å². The molecule has 2 N–H and O–H groups in total. The Morgan fingerprint density at radius 1 is 1.14 bits per heavy atom. The molecule has 0 bridgehead atoms. The highest BCUT2D eigenvalue weighted by molar-refractivity contribution is 6.01. The number of carbonyl (C=O) groups is 3. The molecule has 0 radical (unpaired) electrons. The maximum absolute atomic E-state index is 15.6. The standard InChI is InChI=1S/C26H37F2N5O4/c1-25(2,3)37-24(36)33-10-8-26(28,9-11-33)17-31-12-14-32(15-13-31)21-6-4-18(16-19(21)27)29-20-5-7-22(34)30-23(20)35/h4,6,16,20,29H,5,7-15,17H2,1-3H3,(H,30,34,35). The summed E-state index contributed by atoms with van der Waals surface area (Å²) in [7, 11) is 0. The van der Waals surface area contributed by atoms with E-state index in [1.807, 2.05) is 25.7 Å². The van der Waals surface area contributed by atoms with Gasteiger partial charge in [-0.2, -0.15) is 0 Å². The van der Waals surface area contributed by atoms with Crippen molar-refractivity contribution in [1.29, 1.82) is 0 Å². The van der Waals surface area contributed by atoms with E-state index in [9.17, 15) is 18.8 Å². The van der Waals surface area contributed by atoms with Crippen molar-refractivity contribution in [2.75, 3.05) is 56.0 Å². The van der Waals surface area contributed by atoms with Crippen LogP contribution in [0.3, 0.4) is 0 Å². The fourth-order valence-corrected chi connectivity index (χ4v) is 5.01. The minimum absolute atomic E-state index is 0.246. The van der Waals surface area contributed by atoms with E-state index in [1.165, 1.54) is 6.07 Å². The minimum Gasteiger partial charge on any atom is -0.444 e. The number of carbonyl (C=O) groups excluding carboxylic acids is 3. The van der Waals surface area contributed by atoms with E-state index in [4.69, 9.17) is 4.74 Å². The third-order valence-corrected chi connectivity index (χ3v) is 7.06. The summed E-state index contributed by atoms with van der Waals surface area (Å²) in [5.41, 5.74) is -0.999. The monoisotopic (exact) mass is 521 g/mol. The molecule has 0 aromatic heterocycles. The molecule has 3 saturated heterocycles. The fourth-order valence-electron chi connectivity index (χ4n) is 5.01. The second-order valence-electron chi connectivity index (χ2n) is 11.2. The van der Waals surface area contributed by atoms with Gasteiger partial charge >= 0.3 is 6.09 Å². The lowest BCUT2D eigenvalue weighted by Gasteiger charge is -2.42. The SMILES string of the molecule is CC(C)(C)OC(=O)N1CCC(F)(CN2CCN(c3ccc(NC4CCC(=O)NC4=O)cc3F)CC2)CC1. The van der Waals surface area contributed by atoms with Crippen LogP contribution < -0.4 is 15.5 Å². The van der Waals surface area contributed by atoms with Gasteiger partial charge in [-0.1, -0.05) is 0 Å². The lowest BCUT2D eigenvalue weighted by atomic mass is 9.92. The van der Waals surface area contributed by atoms with Gasteiger partial charge in [0.2, 0.25) is 11.8 Å². The summed E-state index contributed by atoms with van der Waals surface area (Å²) in [5, 5.41) is 5.28. The quantitative estimate of drug-likeness (QED) is 0.576. The number of ether oxygens (including phenoxy) is 1. The van der Waals surface area contributed by atoms with Crippen LogP contribution in [0.1, 0.15) is 46.5 Å². The molecule has 1 aromatic rings. The fraction of sp³-hybridized carbons (Fsp3) is 0.654. The van der Waals surface area contributed by atoms with Crippen LogP contribution in [-0.4, -0.2) is 90.8 Å². The van der Waals surface area contributed by atoms with Crippen molar-refractivity contribution in [1.82, 2.24) is 15.1 Å². The Kier molecular flexibility index (Phi) is 7.91. The van der Waals surface area contributed by atoms with E-state index in [-0.39, 0.29) is 25.2 Å². The number of amides is 3. The number of nitrogens with one attached hydrogen (secondary N) is 2. The van der Waals surface area contributed by atoms with Crippen molar-refractivity contribution in [3.05, 3.63) is 24.0 Å². The maximum atomic E-state index is 15.6. The van der Waals surface area contributed by atoms with Gasteiger partial charge in [0.1, 0.15) is 23.1 Å². The number of alkyl halides is 1. The Morgan fingerprint density at radius 3 is 2.41 bits per heavy atom. The Labute approximate surface area is 216 Å². The Bertz CT molecular complexity index is 1010. The number of imide groups is 1. The number of benzene rings is 1. The number of rotatable bonds is 5. The zero-order valence-electron chi connectivity index (χ0n) is 21.8. The number of piperazine rings is 1. The summed E-state index contributed by atoms with van der Waals surface area (Å²) in [6.07, 6.45) is 0.746. The third-order valence-electron chi connectivity index (χ3n) is 7.06. The number of anilines is 2. The van der Waals surface area contributed by atoms with Crippen molar-refractivity contribution >= 4 is 29.3 Å². The van der Waals surface area contributed by atoms with Gasteiger partial charge in [0.15, 0.2) is 0 Å². The molecule has 3 aliphatic rings. The number of likely N-dealkylation sites (tertiary alicyclic amines) is 1. The van der Waals surface area contributed by atoms with Gasteiger partial charge in [-0.15, -0.1) is 0 Å².